The Morgan fingerprint density at radius 2 is 2.04 bits per heavy atom. The van der Waals surface area contributed by atoms with Gasteiger partial charge in [0, 0.05) is 26.5 Å². The van der Waals surface area contributed by atoms with Gasteiger partial charge in [0.25, 0.3) is 5.91 Å². The first-order valence-corrected chi connectivity index (χ1v) is 9.66. The minimum absolute atomic E-state index is 0.185. The molecule has 0 fully saturated rings. The van der Waals surface area contributed by atoms with Crippen LogP contribution in [-0.4, -0.2) is 5.91 Å². The standard InChI is InChI=1S/C19H14Br2N2O2/c1-9-13(20)7-14(21)18-17(9)11(19(24)23-18)6-16-12(8-22)10-4-2-3-5-15(10)25-16/h6-7H,2-5H2,1H3,(H,23,24). The summed E-state index contributed by atoms with van der Waals surface area (Å²) in [7, 11) is 0. The number of halogens is 2. The molecule has 4 rings (SSSR count). The van der Waals surface area contributed by atoms with Crippen LogP contribution in [0.3, 0.4) is 0 Å². The van der Waals surface area contributed by atoms with E-state index in [-0.39, 0.29) is 5.91 Å². The zero-order chi connectivity index (χ0) is 17.7. The van der Waals surface area contributed by atoms with Crippen LogP contribution in [0.2, 0.25) is 0 Å². The monoisotopic (exact) mass is 460 g/mol. The van der Waals surface area contributed by atoms with Crippen molar-refractivity contribution < 1.29 is 9.21 Å². The summed E-state index contributed by atoms with van der Waals surface area (Å²) in [5.41, 5.74) is 4.66. The molecular formula is C19H14Br2N2O2. The van der Waals surface area contributed by atoms with Crippen molar-refractivity contribution in [2.75, 3.05) is 5.32 Å². The number of amides is 1. The van der Waals surface area contributed by atoms with E-state index in [1.807, 2.05) is 13.0 Å². The molecule has 1 aromatic heterocycles. The first-order valence-electron chi connectivity index (χ1n) is 8.08. The highest BCUT2D eigenvalue weighted by molar-refractivity contribution is 9.11. The van der Waals surface area contributed by atoms with Gasteiger partial charge in [0.15, 0.2) is 0 Å². The number of furan rings is 1. The topological polar surface area (TPSA) is 66.0 Å². The second-order valence-electron chi connectivity index (χ2n) is 6.29. The van der Waals surface area contributed by atoms with Gasteiger partial charge in [0.1, 0.15) is 23.2 Å². The van der Waals surface area contributed by atoms with Crippen molar-refractivity contribution in [1.82, 2.24) is 0 Å². The molecule has 0 spiro atoms. The Labute approximate surface area is 162 Å². The Hall–Kier alpha value is -1.84. The third-order valence-corrected chi connectivity index (χ3v) is 6.26. The summed E-state index contributed by atoms with van der Waals surface area (Å²) < 4.78 is 7.68. The smallest absolute Gasteiger partial charge is 0.256 e. The van der Waals surface area contributed by atoms with Gasteiger partial charge in [-0.05, 0) is 59.8 Å². The third kappa shape index (κ3) is 2.57. The van der Waals surface area contributed by atoms with Crippen molar-refractivity contribution >= 4 is 55.1 Å². The van der Waals surface area contributed by atoms with E-state index in [2.05, 4.69) is 43.2 Å². The summed E-state index contributed by atoms with van der Waals surface area (Å²) in [5.74, 6) is 1.19. The molecule has 1 aliphatic heterocycles. The molecule has 0 bridgehead atoms. The molecule has 0 radical (unpaired) electrons. The zero-order valence-electron chi connectivity index (χ0n) is 13.5. The van der Waals surface area contributed by atoms with Crippen molar-refractivity contribution in [1.29, 1.82) is 5.26 Å². The van der Waals surface area contributed by atoms with Gasteiger partial charge in [-0.2, -0.15) is 5.26 Å². The SMILES string of the molecule is Cc1c(Br)cc(Br)c2c1C(=Cc1oc3c(c1C#N)CCCC3)C(=O)N2. The predicted molar refractivity (Wildman–Crippen MR) is 103 cm³/mol. The van der Waals surface area contributed by atoms with E-state index in [1.54, 1.807) is 6.08 Å². The number of aryl methyl sites for hydroxylation is 1. The van der Waals surface area contributed by atoms with Gasteiger partial charge in [-0.15, -0.1) is 0 Å². The maximum absolute atomic E-state index is 12.6. The van der Waals surface area contributed by atoms with E-state index in [9.17, 15) is 10.1 Å². The molecule has 1 aromatic carbocycles. The summed E-state index contributed by atoms with van der Waals surface area (Å²) in [6.07, 6.45) is 5.57. The summed E-state index contributed by atoms with van der Waals surface area (Å²) >= 11 is 7.03. The third-order valence-electron chi connectivity index (χ3n) is 4.81. The van der Waals surface area contributed by atoms with Crippen molar-refractivity contribution in [2.24, 2.45) is 0 Å². The molecule has 0 saturated carbocycles. The number of rotatable bonds is 1. The Bertz CT molecular complexity index is 996. The lowest BCUT2D eigenvalue weighted by Crippen LogP contribution is -2.04. The molecular weight excluding hydrogens is 448 g/mol. The molecule has 0 atom stereocenters. The molecule has 0 saturated heterocycles. The molecule has 1 amide bonds. The highest BCUT2D eigenvalue weighted by atomic mass is 79.9. The van der Waals surface area contributed by atoms with E-state index in [0.717, 1.165) is 62.8 Å². The summed E-state index contributed by atoms with van der Waals surface area (Å²) in [5, 5.41) is 12.5. The number of carbonyl (C=O) groups is 1. The normalized spacial score (nSPS) is 17.2. The highest BCUT2D eigenvalue weighted by Crippen LogP contribution is 2.44. The number of nitrogens with one attached hydrogen (secondary N) is 1. The average Bonchev–Trinajstić information content (AvgIpc) is 3.11. The summed E-state index contributed by atoms with van der Waals surface area (Å²) in [6, 6.07) is 4.19. The van der Waals surface area contributed by atoms with Gasteiger partial charge >= 0.3 is 0 Å². The Balaban J connectivity index is 1.92. The quantitative estimate of drug-likeness (QED) is 0.581. The lowest BCUT2D eigenvalue weighted by Gasteiger charge is -2.08. The fourth-order valence-electron chi connectivity index (χ4n) is 3.55. The van der Waals surface area contributed by atoms with Crippen LogP contribution >= 0.6 is 31.9 Å². The van der Waals surface area contributed by atoms with Crippen LogP contribution in [-0.2, 0) is 17.6 Å². The molecule has 2 aliphatic rings. The fraction of sp³-hybridized carbons (Fsp3) is 0.263. The first kappa shape index (κ1) is 16.6. The van der Waals surface area contributed by atoms with E-state index in [4.69, 9.17) is 4.42 Å². The number of hydrogen-bond donors (Lipinski definition) is 1. The number of hydrogen-bond acceptors (Lipinski definition) is 3. The molecule has 4 nitrogen and oxygen atoms in total. The minimum atomic E-state index is -0.185. The first-order chi connectivity index (χ1) is 12.0. The second kappa shape index (κ2) is 6.15. The predicted octanol–water partition coefficient (Wildman–Crippen LogP) is 5.36. The van der Waals surface area contributed by atoms with Crippen molar-refractivity contribution in [3.8, 4) is 6.07 Å². The van der Waals surface area contributed by atoms with Gasteiger partial charge in [0.05, 0.1) is 11.3 Å². The molecule has 1 N–H and O–H groups in total. The van der Waals surface area contributed by atoms with E-state index in [0.29, 0.717) is 16.9 Å². The zero-order valence-corrected chi connectivity index (χ0v) is 16.7. The Kier molecular flexibility index (Phi) is 4.09. The molecule has 6 heteroatoms. The molecule has 1 aliphatic carbocycles. The van der Waals surface area contributed by atoms with Gasteiger partial charge in [-0.3, -0.25) is 4.79 Å². The number of benzene rings is 1. The van der Waals surface area contributed by atoms with Crippen LogP contribution in [0.15, 0.2) is 19.4 Å². The molecule has 25 heavy (non-hydrogen) atoms. The number of anilines is 1. The Morgan fingerprint density at radius 1 is 1.28 bits per heavy atom. The molecule has 2 heterocycles. The van der Waals surface area contributed by atoms with E-state index >= 15 is 0 Å². The molecule has 126 valence electrons. The minimum Gasteiger partial charge on any atom is -0.460 e. The van der Waals surface area contributed by atoms with Crippen molar-refractivity contribution in [3.63, 3.8) is 0 Å². The maximum Gasteiger partial charge on any atom is 0.256 e. The molecule has 0 unspecified atom stereocenters. The highest BCUT2D eigenvalue weighted by Gasteiger charge is 2.30. The van der Waals surface area contributed by atoms with Gasteiger partial charge in [0.2, 0.25) is 0 Å². The lowest BCUT2D eigenvalue weighted by molar-refractivity contribution is -0.110. The average molecular weight is 462 g/mol. The van der Waals surface area contributed by atoms with Crippen LogP contribution < -0.4 is 5.32 Å². The summed E-state index contributed by atoms with van der Waals surface area (Å²) in [4.78, 5) is 12.6. The lowest BCUT2D eigenvalue weighted by atomic mass is 9.94. The van der Waals surface area contributed by atoms with Gasteiger partial charge < -0.3 is 9.73 Å². The fourth-order valence-corrected chi connectivity index (χ4v) is 4.81. The second-order valence-corrected chi connectivity index (χ2v) is 8.00. The largest absolute Gasteiger partial charge is 0.460 e. The number of nitriles is 1. The van der Waals surface area contributed by atoms with E-state index in [1.165, 1.54) is 0 Å². The molecule has 2 aromatic rings. The van der Waals surface area contributed by atoms with Crippen molar-refractivity contribution in [3.05, 3.63) is 48.8 Å². The Morgan fingerprint density at radius 3 is 2.80 bits per heavy atom. The van der Waals surface area contributed by atoms with Crippen molar-refractivity contribution in [2.45, 2.75) is 32.6 Å². The van der Waals surface area contributed by atoms with Crippen LogP contribution in [0.4, 0.5) is 5.69 Å². The van der Waals surface area contributed by atoms with Crippen LogP contribution in [0, 0.1) is 18.3 Å². The number of nitrogens with zero attached hydrogens (tertiary/aromatic N) is 1. The van der Waals surface area contributed by atoms with Gasteiger partial charge in [-0.1, -0.05) is 15.9 Å². The van der Waals surface area contributed by atoms with Crippen LogP contribution in [0.5, 0.6) is 0 Å². The van der Waals surface area contributed by atoms with Gasteiger partial charge in [-0.25, -0.2) is 0 Å². The van der Waals surface area contributed by atoms with Crippen LogP contribution in [0.1, 0.15) is 46.6 Å². The van der Waals surface area contributed by atoms with Crippen LogP contribution in [0.25, 0.3) is 11.6 Å². The van der Waals surface area contributed by atoms with E-state index < -0.39 is 0 Å². The number of carbonyl (C=O) groups excluding carboxylic acids is 1. The maximum atomic E-state index is 12.6. The number of fused-ring (bicyclic) bond motifs is 2. The summed E-state index contributed by atoms with van der Waals surface area (Å²) in [6.45, 7) is 1.96.